The number of carbonyl (C=O) groups is 2. The molecule has 0 aliphatic carbocycles. The van der Waals surface area contributed by atoms with Crippen LogP contribution in [-0.2, 0) is 11.3 Å². The molecule has 1 unspecified atom stereocenters. The van der Waals surface area contributed by atoms with Crippen LogP contribution in [0.2, 0.25) is 0 Å². The van der Waals surface area contributed by atoms with Crippen molar-refractivity contribution in [3.05, 3.63) is 53.5 Å². The first kappa shape index (κ1) is 16.8. The molecular weight excluding hydrogens is 325 g/mol. The Morgan fingerprint density at radius 2 is 2.00 bits per heavy atom. The Kier molecular flexibility index (Phi) is 4.87. The van der Waals surface area contributed by atoms with Gasteiger partial charge in [0.1, 0.15) is 17.7 Å². The summed E-state index contributed by atoms with van der Waals surface area (Å²) < 4.78 is 13.0. The van der Waals surface area contributed by atoms with Gasteiger partial charge in [-0.15, -0.1) is 10.2 Å². The summed E-state index contributed by atoms with van der Waals surface area (Å²) in [4.78, 5) is 25.6. The highest BCUT2D eigenvalue weighted by molar-refractivity contribution is 5.92. The Bertz CT molecular complexity index is 764. The molecule has 0 spiro atoms. The molecule has 2 aromatic rings. The highest BCUT2D eigenvalue weighted by Crippen LogP contribution is 2.18. The maximum absolute atomic E-state index is 13.0. The number of anilines is 1. The number of halogens is 1. The van der Waals surface area contributed by atoms with Gasteiger partial charge in [-0.2, -0.15) is 0 Å². The first-order valence-electron chi connectivity index (χ1n) is 7.92. The van der Waals surface area contributed by atoms with Gasteiger partial charge in [-0.05, 0) is 36.2 Å². The second-order valence-corrected chi connectivity index (χ2v) is 5.75. The average molecular weight is 343 g/mol. The number of benzene rings is 1. The zero-order chi connectivity index (χ0) is 17.8. The predicted molar refractivity (Wildman–Crippen MR) is 89.3 cm³/mol. The zero-order valence-electron chi connectivity index (χ0n) is 13.7. The number of nitrogens with one attached hydrogen (secondary N) is 2. The molecule has 1 aromatic carbocycles. The standard InChI is InChI=1S/C17H18FN5O2/c1-19-16(24)13-6-7-15(22-21-13)20-14-8-9-23(17(14)25)10-11-2-4-12(18)5-3-11/h2-7,14H,8-10H2,1H3,(H,19,24)(H,20,22). The van der Waals surface area contributed by atoms with Crippen LogP contribution >= 0.6 is 0 Å². The fourth-order valence-corrected chi connectivity index (χ4v) is 2.68. The van der Waals surface area contributed by atoms with E-state index in [2.05, 4.69) is 20.8 Å². The Morgan fingerprint density at radius 3 is 2.64 bits per heavy atom. The molecule has 0 bridgehead atoms. The van der Waals surface area contributed by atoms with Gasteiger partial charge in [-0.3, -0.25) is 9.59 Å². The Labute approximate surface area is 144 Å². The summed E-state index contributed by atoms with van der Waals surface area (Å²) in [5.74, 6) is -0.215. The summed E-state index contributed by atoms with van der Waals surface area (Å²) in [6, 6.07) is 8.89. The van der Waals surface area contributed by atoms with Gasteiger partial charge in [0.2, 0.25) is 5.91 Å². The third-order valence-electron chi connectivity index (χ3n) is 4.03. The van der Waals surface area contributed by atoms with Crippen molar-refractivity contribution in [3.8, 4) is 0 Å². The summed E-state index contributed by atoms with van der Waals surface area (Å²) in [5.41, 5.74) is 1.09. The van der Waals surface area contributed by atoms with Crippen molar-refractivity contribution in [2.45, 2.75) is 19.0 Å². The van der Waals surface area contributed by atoms with Gasteiger partial charge >= 0.3 is 0 Å². The van der Waals surface area contributed by atoms with Gasteiger partial charge in [-0.1, -0.05) is 12.1 Å². The molecule has 1 aliphatic rings. The van der Waals surface area contributed by atoms with Crippen LogP contribution in [0.25, 0.3) is 0 Å². The van der Waals surface area contributed by atoms with Gasteiger partial charge in [0.05, 0.1) is 0 Å². The van der Waals surface area contributed by atoms with E-state index in [4.69, 9.17) is 0 Å². The summed E-state index contributed by atoms with van der Waals surface area (Å²) in [6.07, 6.45) is 0.638. The van der Waals surface area contributed by atoms with E-state index >= 15 is 0 Å². The van der Waals surface area contributed by atoms with Crippen LogP contribution in [0.15, 0.2) is 36.4 Å². The SMILES string of the molecule is CNC(=O)c1ccc(NC2CCN(Cc3ccc(F)cc3)C2=O)nn1. The van der Waals surface area contributed by atoms with E-state index in [0.29, 0.717) is 25.3 Å². The lowest BCUT2D eigenvalue weighted by Gasteiger charge is -2.17. The molecule has 2 amide bonds. The van der Waals surface area contributed by atoms with E-state index in [1.54, 1.807) is 29.2 Å². The van der Waals surface area contributed by atoms with Crippen molar-refractivity contribution in [1.29, 1.82) is 0 Å². The number of hydrogen-bond acceptors (Lipinski definition) is 5. The van der Waals surface area contributed by atoms with Crippen molar-refractivity contribution in [2.24, 2.45) is 0 Å². The van der Waals surface area contributed by atoms with Crippen molar-refractivity contribution < 1.29 is 14.0 Å². The molecule has 1 saturated heterocycles. The maximum Gasteiger partial charge on any atom is 0.271 e. The Balaban J connectivity index is 1.60. The number of likely N-dealkylation sites (tertiary alicyclic amines) is 1. The van der Waals surface area contributed by atoms with Gasteiger partial charge in [0.25, 0.3) is 5.91 Å². The Hall–Kier alpha value is -3.03. The summed E-state index contributed by atoms with van der Waals surface area (Å²) >= 11 is 0. The molecule has 8 heteroatoms. The minimum atomic E-state index is -0.388. The number of rotatable bonds is 5. The number of nitrogens with zero attached hydrogens (tertiary/aromatic N) is 3. The van der Waals surface area contributed by atoms with Crippen molar-refractivity contribution in [2.75, 3.05) is 18.9 Å². The van der Waals surface area contributed by atoms with E-state index in [-0.39, 0.29) is 29.4 Å². The monoisotopic (exact) mass is 343 g/mol. The van der Waals surface area contributed by atoms with Crippen LogP contribution in [0.3, 0.4) is 0 Å². The molecule has 7 nitrogen and oxygen atoms in total. The molecule has 3 rings (SSSR count). The van der Waals surface area contributed by atoms with Crippen molar-refractivity contribution >= 4 is 17.6 Å². The molecule has 2 heterocycles. The number of hydrogen-bond donors (Lipinski definition) is 2. The van der Waals surface area contributed by atoms with E-state index in [1.165, 1.54) is 19.2 Å². The second-order valence-electron chi connectivity index (χ2n) is 5.75. The molecule has 2 N–H and O–H groups in total. The topological polar surface area (TPSA) is 87.2 Å². The van der Waals surface area contributed by atoms with Crippen LogP contribution in [0.5, 0.6) is 0 Å². The maximum atomic E-state index is 13.0. The molecule has 0 saturated carbocycles. The largest absolute Gasteiger partial charge is 0.357 e. The third-order valence-corrected chi connectivity index (χ3v) is 4.03. The van der Waals surface area contributed by atoms with Crippen LogP contribution in [-0.4, -0.2) is 46.5 Å². The van der Waals surface area contributed by atoms with Crippen LogP contribution in [0.4, 0.5) is 10.2 Å². The summed E-state index contributed by atoms with van der Waals surface area (Å²) in [7, 11) is 1.52. The molecule has 1 fully saturated rings. The lowest BCUT2D eigenvalue weighted by Crippen LogP contribution is -2.33. The highest BCUT2D eigenvalue weighted by Gasteiger charge is 2.31. The fourth-order valence-electron chi connectivity index (χ4n) is 2.68. The van der Waals surface area contributed by atoms with Crippen LogP contribution < -0.4 is 10.6 Å². The van der Waals surface area contributed by atoms with Gasteiger partial charge in [-0.25, -0.2) is 4.39 Å². The number of aromatic nitrogens is 2. The Morgan fingerprint density at radius 1 is 1.24 bits per heavy atom. The number of carbonyl (C=O) groups excluding carboxylic acids is 2. The van der Waals surface area contributed by atoms with Gasteiger partial charge < -0.3 is 15.5 Å². The second kappa shape index (κ2) is 7.25. The third kappa shape index (κ3) is 3.90. The van der Waals surface area contributed by atoms with Gasteiger partial charge in [0, 0.05) is 20.1 Å². The van der Waals surface area contributed by atoms with Gasteiger partial charge in [0.15, 0.2) is 5.69 Å². The van der Waals surface area contributed by atoms with E-state index < -0.39 is 0 Å². The number of amides is 2. The molecular formula is C17H18FN5O2. The molecule has 1 aromatic heterocycles. The molecule has 1 atom stereocenters. The highest BCUT2D eigenvalue weighted by atomic mass is 19.1. The smallest absolute Gasteiger partial charge is 0.271 e. The van der Waals surface area contributed by atoms with Crippen molar-refractivity contribution in [1.82, 2.24) is 20.4 Å². The fraction of sp³-hybridized carbons (Fsp3) is 0.294. The summed E-state index contributed by atoms with van der Waals surface area (Å²) in [5, 5.41) is 13.3. The van der Waals surface area contributed by atoms with E-state index in [1.807, 2.05) is 0 Å². The quantitative estimate of drug-likeness (QED) is 0.851. The van der Waals surface area contributed by atoms with E-state index in [0.717, 1.165) is 5.56 Å². The van der Waals surface area contributed by atoms with E-state index in [9.17, 15) is 14.0 Å². The average Bonchev–Trinajstić information content (AvgIpc) is 2.97. The van der Waals surface area contributed by atoms with Crippen LogP contribution in [0, 0.1) is 5.82 Å². The minimum absolute atomic E-state index is 0.0403. The minimum Gasteiger partial charge on any atom is -0.357 e. The lowest BCUT2D eigenvalue weighted by atomic mass is 10.2. The molecule has 0 radical (unpaired) electrons. The normalized spacial score (nSPS) is 16.8. The predicted octanol–water partition coefficient (Wildman–Crippen LogP) is 1.19. The molecule has 25 heavy (non-hydrogen) atoms. The van der Waals surface area contributed by atoms with Crippen LogP contribution in [0.1, 0.15) is 22.5 Å². The first-order chi connectivity index (χ1) is 12.1. The first-order valence-corrected chi connectivity index (χ1v) is 7.92. The summed E-state index contributed by atoms with van der Waals surface area (Å²) in [6.45, 7) is 1.05. The zero-order valence-corrected chi connectivity index (χ0v) is 13.7. The van der Waals surface area contributed by atoms with Crippen molar-refractivity contribution in [3.63, 3.8) is 0 Å². The lowest BCUT2D eigenvalue weighted by molar-refractivity contribution is -0.128. The molecule has 130 valence electrons. The molecule has 1 aliphatic heterocycles.